The molecule has 102 valence electrons. The van der Waals surface area contributed by atoms with E-state index in [0.717, 1.165) is 24.4 Å². The summed E-state index contributed by atoms with van der Waals surface area (Å²) in [7, 11) is 2.11. The molecule has 1 aromatic rings. The van der Waals surface area contributed by atoms with Crippen molar-refractivity contribution in [3.8, 4) is 0 Å². The van der Waals surface area contributed by atoms with Crippen LogP contribution in [0.4, 0.5) is 0 Å². The standard InChI is InChI=1S/C15H20N2OS/c1-17-9-7-13(8-10-17)11-16-15(18)12-19-14-5-3-2-4-6-14/h2-7H,8-12H2,1H3,(H,16,18). The second-order valence-corrected chi connectivity index (χ2v) is 5.80. The van der Waals surface area contributed by atoms with Gasteiger partial charge >= 0.3 is 0 Å². The molecule has 0 aliphatic carbocycles. The van der Waals surface area contributed by atoms with Crippen LogP contribution < -0.4 is 5.32 Å². The largest absolute Gasteiger partial charge is 0.352 e. The number of thioether (sulfide) groups is 1. The van der Waals surface area contributed by atoms with Crippen LogP contribution >= 0.6 is 11.8 Å². The molecule has 0 fully saturated rings. The van der Waals surface area contributed by atoms with Gasteiger partial charge in [0.25, 0.3) is 0 Å². The van der Waals surface area contributed by atoms with E-state index in [9.17, 15) is 4.79 Å². The van der Waals surface area contributed by atoms with Crippen molar-refractivity contribution in [1.29, 1.82) is 0 Å². The zero-order valence-electron chi connectivity index (χ0n) is 11.3. The molecule has 0 aromatic heterocycles. The van der Waals surface area contributed by atoms with E-state index in [4.69, 9.17) is 0 Å². The van der Waals surface area contributed by atoms with E-state index in [1.165, 1.54) is 5.57 Å². The Bertz CT molecular complexity index is 445. The lowest BCUT2D eigenvalue weighted by Gasteiger charge is -2.22. The van der Waals surface area contributed by atoms with E-state index in [-0.39, 0.29) is 5.91 Å². The van der Waals surface area contributed by atoms with Gasteiger partial charge < -0.3 is 10.2 Å². The Morgan fingerprint density at radius 2 is 2.16 bits per heavy atom. The Hall–Kier alpha value is -1.26. The van der Waals surface area contributed by atoms with Crippen LogP contribution in [0, 0.1) is 0 Å². The highest BCUT2D eigenvalue weighted by atomic mass is 32.2. The Balaban J connectivity index is 1.68. The van der Waals surface area contributed by atoms with Crippen molar-refractivity contribution in [2.45, 2.75) is 11.3 Å². The summed E-state index contributed by atoms with van der Waals surface area (Å²) in [4.78, 5) is 15.2. The van der Waals surface area contributed by atoms with Gasteiger partial charge in [-0.3, -0.25) is 4.79 Å². The van der Waals surface area contributed by atoms with Crippen LogP contribution in [-0.4, -0.2) is 43.2 Å². The highest BCUT2D eigenvalue weighted by Gasteiger charge is 2.09. The maximum Gasteiger partial charge on any atom is 0.230 e. The average molecular weight is 276 g/mol. The lowest BCUT2D eigenvalue weighted by Crippen LogP contribution is -2.31. The van der Waals surface area contributed by atoms with Gasteiger partial charge in [-0.1, -0.05) is 29.8 Å². The van der Waals surface area contributed by atoms with Crippen LogP contribution in [-0.2, 0) is 4.79 Å². The third kappa shape index (κ3) is 5.09. The van der Waals surface area contributed by atoms with E-state index in [2.05, 4.69) is 23.3 Å². The Morgan fingerprint density at radius 1 is 1.37 bits per heavy atom. The van der Waals surface area contributed by atoms with Gasteiger partial charge in [0.1, 0.15) is 0 Å². The average Bonchev–Trinajstić information content (AvgIpc) is 2.45. The van der Waals surface area contributed by atoms with Crippen LogP contribution in [0.2, 0.25) is 0 Å². The minimum Gasteiger partial charge on any atom is -0.352 e. The van der Waals surface area contributed by atoms with Gasteiger partial charge in [0, 0.05) is 24.5 Å². The molecule has 1 N–H and O–H groups in total. The fraction of sp³-hybridized carbons (Fsp3) is 0.400. The number of nitrogens with zero attached hydrogens (tertiary/aromatic N) is 1. The predicted molar refractivity (Wildman–Crippen MR) is 80.4 cm³/mol. The summed E-state index contributed by atoms with van der Waals surface area (Å²) >= 11 is 1.58. The van der Waals surface area contributed by atoms with Gasteiger partial charge in [0.15, 0.2) is 0 Å². The van der Waals surface area contributed by atoms with E-state index >= 15 is 0 Å². The van der Waals surface area contributed by atoms with Crippen molar-refractivity contribution >= 4 is 17.7 Å². The Labute approximate surface area is 119 Å². The van der Waals surface area contributed by atoms with Gasteiger partial charge in [-0.15, -0.1) is 11.8 Å². The number of rotatable bonds is 5. The summed E-state index contributed by atoms with van der Waals surface area (Å²) in [6.45, 7) is 2.77. The summed E-state index contributed by atoms with van der Waals surface area (Å²) in [6.07, 6.45) is 3.27. The van der Waals surface area contributed by atoms with Crippen molar-refractivity contribution in [3.63, 3.8) is 0 Å². The fourth-order valence-electron chi connectivity index (χ4n) is 1.90. The molecule has 0 saturated carbocycles. The first kappa shape index (κ1) is 14.2. The topological polar surface area (TPSA) is 32.3 Å². The number of carbonyl (C=O) groups excluding carboxylic acids is 1. The maximum atomic E-state index is 11.8. The van der Waals surface area contributed by atoms with Gasteiger partial charge in [-0.25, -0.2) is 0 Å². The zero-order chi connectivity index (χ0) is 13.5. The van der Waals surface area contributed by atoms with Crippen molar-refractivity contribution < 1.29 is 4.79 Å². The first-order chi connectivity index (χ1) is 9.24. The van der Waals surface area contributed by atoms with Gasteiger partial charge in [0.2, 0.25) is 5.91 Å². The predicted octanol–water partition coefficient (Wildman–Crippen LogP) is 2.16. The normalized spacial score (nSPS) is 15.9. The molecule has 2 rings (SSSR count). The monoisotopic (exact) mass is 276 g/mol. The third-order valence-electron chi connectivity index (χ3n) is 3.13. The molecule has 0 radical (unpaired) electrons. The second kappa shape index (κ2) is 7.36. The highest BCUT2D eigenvalue weighted by molar-refractivity contribution is 8.00. The molecule has 0 saturated heterocycles. The van der Waals surface area contributed by atoms with Gasteiger partial charge in [0.05, 0.1) is 5.75 Å². The van der Waals surface area contributed by atoms with Crippen LogP contribution in [0.25, 0.3) is 0 Å². The minimum atomic E-state index is 0.105. The van der Waals surface area contributed by atoms with E-state index < -0.39 is 0 Å². The summed E-state index contributed by atoms with van der Waals surface area (Å²) < 4.78 is 0. The lowest BCUT2D eigenvalue weighted by molar-refractivity contribution is -0.118. The molecule has 0 atom stereocenters. The number of hydrogen-bond acceptors (Lipinski definition) is 3. The fourth-order valence-corrected chi connectivity index (χ4v) is 2.65. The van der Waals surface area contributed by atoms with Crippen LogP contribution in [0.3, 0.4) is 0 Å². The number of amides is 1. The molecule has 1 amide bonds. The SMILES string of the molecule is CN1CC=C(CNC(=O)CSc2ccccc2)CC1. The zero-order valence-corrected chi connectivity index (χ0v) is 12.1. The number of benzene rings is 1. The number of hydrogen-bond donors (Lipinski definition) is 1. The van der Waals surface area contributed by atoms with Gasteiger partial charge in [-0.05, 0) is 25.6 Å². The molecule has 3 nitrogen and oxygen atoms in total. The lowest BCUT2D eigenvalue weighted by atomic mass is 10.1. The summed E-state index contributed by atoms with van der Waals surface area (Å²) in [5.74, 6) is 0.589. The molecule has 0 bridgehead atoms. The van der Waals surface area contributed by atoms with E-state index in [0.29, 0.717) is 12.3 Å². The molecule has 1 heterocycles. The molecule has 1 aliphatic rings. The highest BCUT2D eigenvalue weighted by Crippen LogP contribution is 2.16. The maximum absolute atomic E-state index is 11.8. The smallest absolute Gasteiger partial charge is 0.230 e. The van der Waals surface area contributed by atoms with Crippen molar-refractivity contribution in [2.24, 2.45) is 0 Å². The summed E-state index contributed by atoms with van der Waals surface area (Å²) in [5.41, 5.74) is 1.34. The molecule has 1 aliphatic heterocycles. The number of nitrogens with one attached hydrogen (secondary N) is 1. The summed E-state index contributed by atoms with van der Waals surface area (Å²) in [5, 5.41) is 2.99. The van der Waals surface area contributed by atoms with Crippen LogP contribution in [0.5, 0.6) is 0 Å². The summed E-state index contributed by atoms with van der Waals surface area (Å²) in [6, 6.07) is 10.0. The van der Waals surface area contributed by atoms with Gasteiger partial charge in [-0.2, -0.15) is 0 Å². The molecular weight excluding hydrogens is 256 g/mol. The molecule has 0 spiro atoms. The first-order valence-corrected chi connectivity index (χ1v) is 7.53. The Kier molecular flexibility index (Phi) is 5.48. The quantitative estimate of drug-likeness (QED) is 0.661. The molecule has 19 heavy (non-hydrogen) atoms. The number of carbonyl (C=O) groups is 1. The first-order valence-electron chi connectivity index (χ1n) is 6.55. The molecular formula is C15H20N2OS. The van der Waals surface area contributed by atoms with Crippen molar-refractivity contribution in [2.75, 3.05) is 32.4 Å². The van der Waals surface area contributed by atoms with Crippen molar-refractivity contribution in [3.05, 3.63) is 42.0 Å². The minimum absolute atomic E-state index is 0.105. The van der Waals surface area contributed by atoms with E-state index in [1.807, 2.05) is 30.3 Å². The third-order valence-corrected chi connectivity index (χ3v) is 4.14. The molecule has 0 unspecified atom stereocenters. The second-order valence-electron chi connectivity index (χ2n) is 4.75. The van der Waals surface area contributed by atoms with E-state index in [1.54, 1.807) is 11.8 Å². The number of likely N-dealkylation sites (N-methyl/N-ethyl adjacent to an activating group) is 1. The van der Waals surface area contributed by atoms with Crippen LogP contribution in [0.15, 0.2) is 46.9 Å². The molecule has 4 heteroatoms. The molecule has 1 aromatic carbocycles. The Morgan fingerprint density at radius 3 is 2.84 bits per heavy atom. The van der Waals surface area contributed by atoms with Crippen molar-refractivity contribution in [1.82, 2.24) is 10.2 Å². The van der Waals surface area contributed by atoms with Crippen LogP contribution in [0.1, 0.15) is 6.42 Å².